The SMILES string of the molecule is CCc1nn(C2CCOCC2)c2nc(-c3ccnn3-c3ccc(N4CCC(OC)C4)cc3)ccc12. The van der Waals surface area contributed by atoms with E-state index in [4.69, 9.17) is 19.6 Å². The Hall–Kier alpha value is -3.23. The van der Waals surface area contributed by atoms with Gasteiger partial charge in [-0.15, -0.1) is 0 Å². The van der Waals surface area contributed by atoms with E-state index in [0.29, 0.717) is 12.1 Å². The fourth-order valence-electron chi connectivity index (χ4n) is 5.33. The number of pyridine rings is 1. The third-order valence-corrected chi connectivity index (χ3v) is 7.35. The van der Waals surface area contributed by atoms with E-state index in [1.54, 1.807) is 7.11 Å². The zero-order valence-electron chi connectivity index (χ0n) is 20.4. The second-order valence-corrected chi connectivity index (χ2v) is 9.39. The quantitative estimate of drug-likeness (QED) is 0.414. The van der Waals surface area contributed by atoms with Crippen molar-refractivity contribution in [2.45, 2.75) is 44.8 Å². The molecule has 3 aromatic heterocycles. The van der Waals surface area contributed by atoms with Crippen LogP contribution in [0.5, 0.6) is 0 Å². The number of ether oxygens (including phenoxy) is 2. The van der Waals surface area contributed by atoms with Gasteiger partial charge in [-0.1, -0.05) is 6.92 Å². The molecule has 8 nitrogen and oxygen atoms in total. The van der Waals surface area contributed by atoms with Crippen LogP contribution in [0.2, 0.25) is 0 Å². The van der Waals surface area contributed by atoms with Gasteiger partial charge >= 0.3 is 0 Å². The standard InChI is InChI=1S/C27H32N6O2/c1-3-24-23-8-9-25(29-27(23)33(30-24)21-12-16-35-17-13-21)26-10-14-28-32(26)20-6-4-19(5-7-20)31-15-11-22(18-31)34-2/h4-10,14,21-22H,3,11-13,15-18H2,1-2H3. The molecule has 8 heteroatoms. The Balaban J connectivity index is 1.33. The lowest BCUT2D eigenvalue weighted by atomic mass is 10.1. The van der Waals surface area contributed by atoms with Gasteiger partial charge in [0, 0.05) is 44.5 Å². The van der Waals surface area contributed by atoms with Gasteiger partial charge in [-0.2, -0.15) is 10.2 Å². The summed E-state index contributed by atoms with van der Waals surface area (Å²) in [7, 11) is 1.79. The molecular formula is C27H32N6O2. The molecule has 1 aromatic carbocycles. The molecule has 2 fully saturated rings. The summed E-state index contributed by atoms with van der Waals surface area (Å²) in [5.41, 5.74) is 6.16. The molecule has 1 atom stereocenters. The van der Waals surface area contributed by atoms with Crippen molar-refractivity contribution in [1.29, 1.82) is 0 Å². The first-order valence-electron chi connectivity index (χ1n) is 12.6. The average molecular weight is 473 g/mol. The number of benzene rings is 1. The molecule has 2 aliphatic heterocycles. The summed E-state index contributed by atoms with van der Waals surface area (Å²) < 4.78 is 15.2. The third-order valence-electron chi connectivity index (χ3n) is 7.35. The third kappa shape index (κ3) is 4.10. The average Bonchev–Trinajstić information content (AvgIpc) is 3.67. The Bertz CT molecular complexity index is 1310. The summed E-state index contributed by atoms with van der Waals surface area (Å²) in [6.45, 7) is 5.67. The predicted octanol–water partition coefficient (Wildman–Crippen LogP) is 4.42. The Morgan fingerprint density at radius 3 is 2.54 bits per heavy atom. The van der Waals surface area contributed by atoms with Crippen molar-refractivity contribution in [3.05, 3.63) is 54.4 Å². The van der Waals surface area contributed by atoms with Gasteiger partial charge in [-0.05, 0) is 68.1 Å². The Morgan fingerprint density at radius 1 is 1.00 bits per heavy atom. The minimum atomic E-state index is 0.316. The van der Waals surface area contributed by atoms with Crippen molar-refractivity contribution in [3.63, 3.8) is 0 Å². The highest BCUT2D eigenvalue weighted by Gasteiger charge is 2.23. The minimum absolute atomic E-state index is 0.316. The fraction of sp³-hybridized carbons (Fsp3) is 0.444. The molecule has 0 radical (unpaired) electrons. The lowest BCUT2D eigenvalue weighted by molar-refractivity contribution is 0.0672. The van der Waals surface area contributed by atoms with Gasteiger partial charge in [0.05, 0.1) is 41.1 Å². The molecule has 2 aliphatic rings. The number of hydrogen-bond donors (Lipinski definition) is 0. The van der Waals surface area contributed by atoms with E-state index in [2.05, 4.69) is 58.0 Å². The van der Waals surface area contributed by atoms with Crippen molar-refractivity contribution in [2.75, 3.05) is 38.3 Å². The second kappa shape index (κ2) is 9.43. The topological polar surface area (TPSA) is 70.2 Å². The number of methoxy groups -OCH3 is 1. The number of fused-ring (bicyclic) bond motifs is 1. The van der Waals surface area contributed by atoms with Gasteiger partial charge in [-0.25, -0.2) is 14.3 Å². The molecule has 4 aromatic rings. The summed E-state index contributed by atoms with van der Waals surface area (Å²) in [5.74, 6) is 0. The maximum Gasteiger partial charge on any atom is 0.159 e. The van der Waals surface area contributed by atoms with Crippen molar-refractivity contribution < 1.29 is 9.47 Å². The largest absolute Gasteiger partial charge is 0.381 e. The molecular weight excluding hydrogens is 440 g/mol. The van der Waals surface area contributed by atoms with Gasteiger partial charge in [-0.3, -0.25) is 0 Å². The van der Waals surface area contributed by atoms with Gasteiger partial charge in [0.15, 0.2) is 5.65 Å². The molecule has 0 amide bonds. The van der Waals surface area contributed by atoms with Crippen molar-refractivity contribution in [1.82, 2.24) is 24.5 Å². The molecule has 0 aliphatic carbocycles. The summed E-state index contributed by atoms with van der Waals surface area (Å²) in [6.07, 6.45) is 6.05. The van der Waals surface area contributed by atoms with E-state index in [1.165, 1.54) is 5.69 Å². The Morgan fingerprint density at radius 2 is 1.80 bits per heavy atom. The van der Waals surface area contributed by atoms with Crippen molar-refractivity contribution in [3.8, 4) is 17.1 Å². The highest BCUT2D eigenvalue weighted by atomic mass is 16.5. The van der Waals surface area contributed by atoms with Crippen LogP contribution in [0, 0.1) is 0 Å². The van der Waals surface area contributed by atoms with E-state index in [1.807, 2.05) is 16.9 Å². The molecule has 2 saturated heterocycles. The van der Waals surface area contributed by atoms with Crippen LogP contribution in [0.15, 0.2) is 48.7 Å². The first kappa shape index (κ1) is 22.2. The molecule has 35 heavy (non-hydrogen) atoms. The first-order chi connectivity index (χ1) is 17.2. The van der Waals surface area contributed by atoms with Crippen LogP contribution < -0.4 is 4.90 Å². The zero-order chi connectivity index (χ0) is 23.8. The van der Waals surface area contributed by atoms with E-state index in [9.17, 15) is 0 Å². The van der Waals surface area contributed by atoms with Crippen LogP contribution in [0.3, 0.4) is 0 Å². The van der Waals surface area contributed by atoms with E-state index in [-0.39, 0.29) is 0 Å². The highest BCUT2D eigenvalue weighted by Crippen LogP contribution is 2.30. The number of rotatable bonds is 6. The Kier molecular flexibility index (Phi) is 6.00. The second-order valence-electron chi connectivity index (χ2n) is 9.39. The molecule has 6 rings (SSSR count). The molecule has 5 heterocycles. The lowest BCUT2D eigenvalue weighted by Crippen LogP contribution is -2.22. The molecule has 0 spiro atoms. The smallest absolute Gasteiger partial charge is 0.159 e. The van der Waals surface area contributed by atoms with Gasteiger partial charge in [0.1, 0.15) is 0 Å². The minimum Gasteiger partial charge on any atom is -0.381 e. The van der Waals surface area contributed by atoms with Crippen LogP contribution in [0.1, 0.15) is 37.9 Å². The predicted molar refractivity (Wildman–Crippen MR) is 136 cm³/mol. The first-order valence-corrected chi connectivity index (χ1v) is 12.6. The van der Waals surface area contributed by atoms with E-state index >= 15 is 0 Å². The summed E-state index contributed by atoms with van der Waals surface area (Å²) >= 11 is 0. The van der Waals surface area contributed by atoms with E-state index < -0.39 is 0 Å². The number of aromatic nitrogens is 5. The maximum absolute atomic E-state index is 5.58. The van der Waals surface area contributed by atoms with Crippen LogP contribution in [-0.4, -0.2) is 64.1 Å². The van der Waals surface area contributed by atoms with Crippen LogP contribution in [0.25, 0.3) is 28.1 Å². The van der Waals surface area contributed by atoms with Crippen LogP contribution in [0.4, 0.5) is 5.69 Å². The zero-order valence-corrected chi connectivity index (χ0v) is 20.4. The molecule has 182 valence electrons. The number of hydrogen-bond acceptors (Lipinski definition) is 6. The van der Waals surface area contributed by atoms with Crippen LogP contribution in [-0.2, 0) is 15.9 Å². The fourth-order valence-corrected chi connectivity index (χ4v) is 5.33. The summed E-state index contributed by atoms with van der Waals surface area (Å²) in [4.78, 5) is 7.50. The molecule has 0 bridgehead atoms. The monoisotopic (exact) mass is 472 g/mol. The van der Waals surface area contributed by atoms with Crippen molar-refractivity contribution in [2.24, 2.45) is 0 Å². The summed E-state index contributed by atoms with van der Waals surface area (Å²) in [5, 5.41) is 10.7. The number of aryl methyl sites for hydroxylation is 1. The van der Waals surface area contributed by atoms with Gasteiger partial charge in [0.2, 0.25) is 0 Å². The highest BCUT2D eigenvalue weighted by molar-refractivity contribution is 5.81. The maximum atomic E-state index is 5.58. The van der Waals surface area contributed by atoms with E-state index in [0.717, 1.165) is 85.8 Å². The Labute approximate surface area is 205 Å². The van der Waals surface area contributed by atoms with Gasteiger partial charge < -0.3 is 14.4 Å². The molecule has 1 unspecified atom stereocenters. The number of anilines is 1. The molecule has 0 N–H and O–H groups in total. The molecule has 0 saturated carbocycles. The van der Waals surface area contributed by atoms with Crippen molar-refractivity contribution >= 4 is 16.7 Å². The lowest BCUT2D eigenvalue weighted by Gasteiger charge is -2.22. The normalized spacial score (nSPS) is 19.1. The van der Waals surface area contributed by atoms with Crippen LogP contribution >= 0.6 is 0 Å². The summed E-state index contributed by atoms with van der Waals surface area (Å²) in [6, 6.07) is 15.2. The number of nitrogens with zero attached hydrogens (tertiary/aromatic N) is 6. The van der Waals surface area contributed by atoms with Gasteiger partial charge in [0.25, 0.3) is 0 Å².